The highest BCUT2D eigenvalue weighted by Gasteiger charge is 2.33. The molecule has 0 heterocycles. The van der Waals surface area contributed by atoms with Crippen LogP contribution in [0.4, 0.5) is 0 Å². The van der Waals surface area contributed by atoms with Crippen molar-refractivity contribution < 1.29 is 9.53 Å². The van der Waals surface area contributed by atoms with Gasteiger partial charge in [-0.2, -0.15) is 0 Å². The second-order valence-electron chi connectivity index (χ2n) is 12.0. The summed E-state index contributed by atoms with van der Waals surface area (Å²) in [5, 5.41) is 0. The molecule has 0 saturated heterocycles. The lowest BCUT2D eigenvalue weighted by molar-refractivity contribution is -0.156. The first-order valence-corrected chi connectivity index (χ1v) is 16.8. The van der Waals surface area contributed by atoms with Crippen molar-refractivity contribution >= 4 is 5.97 Å². The number of hydrogen-bond donors (Lipinski definition) is 0. The van der Waals surface area contributed by atoms with Crippen LogP contribution in [0.1, 0.15) is 201 Å². The summed E-state index contributed by atoms with van der Waals surface area (Å²) in [6, 6.07) is 0. The lowest BCUT2D eigenvalue weighted by Crippen LogP contribution is -2.30. The fourth-order valence-electron chi connectivity index (χ4n) is 5.38. The van der Waals surface area contributed by atoms with Gasteiger partial charge < -0.3 is 4.74 Å². The average molecular weight is 509 g/mol. The summed E-state index contributed by atoms with van der Waals surface area (Å²) in [5.41, 5.74) is -0.271. The van der Waals surface area contributed by atoms with E-state index >= 15 is 0 Å². The Morgan fingerprint density at radius 2 is 0.722 bits per heavy atom. The third kappa shape index (κ3) is 22.7. The molecule has 0 aromatic carbocycles. The molecule has 1 unspecified atom stereocenters. The molecule has 0 aromatic rings. The molecule has 0 aliphatic rings. The van der Waals surface area contributed by atoms with Gasteiger partial charge in [-0.15, -0.1) is 0 Å². The molecule has 0 aliphatic carbocycles. The molecular formula is C34H68O2. The van der Waals surface area contributed by atoms with Crippen LogP contribution in [0.25, 0.3) is 0 Å². The Bertz CT molecular complexity index is 446. The summed E-state index contributed by atoms with van der Waals surface area (Å²) in [6.07, 6.45) is 35.1. The Hall–Kier alpha value is -0.530. The molecule has 0 fully saturated rings. The first-order valence-electron chi connectivity index (χ1n) is 16.8. The highest BCUT2D eigenvalue weighted by atomic mass is 16.5. The predicted molar refractivity (Wildman–Crippen MR) is 161 cm³/mol. The summed E-state index contributed by atoms with van der Waals surface area (Å²) in [7, 11) is 0. The molecule has 216 valence electrons. The van der Waals surface area contributed by atoms with Crippen LogP contribution in [0, 0.1) is 5.41 Å². The van der Waals surface area contributed by atoms with Crippen molar-refractivity contribution in [2.45, 2.75) is 201 Å². The van der Waals surface area contributed by atoms with E-state index in [2.05, 4.69) is 27.7 Å². The van der Waals surface area contributed by atoms with Gasteiger partial charge in [0.2, 0.25) is 0 Å². The van der Waals surface area contributed by atoms with Crippen molar-refractivity contribution in [3.63, 3.8) is 0 Å². The van der Waals surface area contributed by atoms with Gasteiger partial charge in [0.05, 0.1) is 12.0 Å². The summed E-state index contributed by atoms with van der Waals surface area (Å²) in [4.78, 5) is 13.0. The lowest BCUT2D eigenvalue weighted by atomic mass is 9.79. The van der Waals surface area contributed by atoms with Crippen molar-refractivity contribution in [3.8, 4) is 0 Å². The fourth-order valence-corrected chi connectivity index (χ4v) is 5.38. The maximum Gasteiger partial charge on any atom is 0.311 e. The molecular weight excluding hydrogens is 440 g/mol. The highest BCUT2D eigenvalue weighted by Crippen LogP contribution is 2.33. The molecule has 36 heavy (non-hydrogen) atoms. The number of rotatable bonds is 29. The zero-order valence-corrected chi connectivity index (χ0v) is 25.6. The molecule has 0 aromatic heterocycles. The van der Waals surface area contributed by atoms with Crippen LogP contribution in [0.2, 0.25) is 0 Å². The Morgan fingerprint density at radius 1 is 0.444 bits per heavy atom. The minimum atomic E-state index is -0.271. The molecule has 0 saturated carbocycles. The quantitative estimate of drug-likeness (QED) is 0.0741. The maximum absolute atomic E-state index is 13.0. The first kappa shape index (κ1) is 35.5. The molecule has 0 radical (unpaired) electrons. The van der Waals surface area contributed by atoms with Crippen molar-refractivity contribution in [2.75, 3.05) is 6.61 Å². The number of ether oxygens (including phenoxy) is 1. The normalized spacial score (nSPS) is 13.1. The van der Waals surface area contributed by atoms with Gasteiger partial charge in [-0.25, -0.2) is 0 Å². The number of carbonyl (C=O) groups is 1. The van der Waals surface area contributed by atoms with Crippen molar-refractivity contribution in [1.82, 2.24) is 0 Å². The van der Waals surface area contributed by atoms with E-state index in [0.29, 0.717) is 6.61 Å². The van der Waals surface area contributed by atoms with E-state index in [1.54, 1.807) is 0 Å². The van der Waals surface area contributed by atoms with Gasteiger partial charge in [0, 0.05) is 0 Å². The van der Waals surface area contributed by atoms with E-state index in [1.165, 1.54) is 148 Å². The number of carbonyl (C=O) groups excluding carboxylic acids is 1. The molecule has 0 N–H and O–H groups in total. The van der Waals surface area contributed by atoms with Gasteiger partial charge in [0.1, 0.15) is 0 Å². The van der Waals surface area contributed by atoms with Crippen molar-refractivity contribution in [1.29, 1.82) is 0 Å². The van der Waals surface area contributed by atoms with Crippen LogP contribution in [-0.2, 0) is 9.53 Å². The fraction of sp³-hybridized carbons (Fsp3) is 0.971. The van der Waals surface area contributed by atoms with Crippen molar-refractivity contribution in [2.24, 2.45) is 5.41 Å². The third-order valence-electron chi connectivity index (χ3n) is 8.14. The molecule has 0 aliphatic heterocycles. The number of hydrogen-bond acceptors (Lipinski definition) is 2. The van der Waals surface area contributed by atoms with E-state index in [9.17, 15) is 4.79 Å². The highest BCUT2D eigenvalue weighted by molar-refractivity contribution is 5.76. The van der Waals surface area contributed by atoms with Gasteiger partial charge in [-0.1, -0.05) is 175 Å². The summed E-state index contributed by atoms with van der Waals surface area (Å²) >= 11 is 0. The van der Waals surface area contributed by atoms with Crippen LogP contribution < -0.4 is 0 Å². The molecule has 2 nitrogen and oxygen atoms in total. The van der Waals surface area contributed by atoms with Crippen LogP contribution >= 0.6 is 0 Å². The Labute approximate surface area is 228 Å². The third-order valence-corrected chi connectivity index (χ3v) is 8.14. The van der Waals surface area contributed by atoms with Crippen LogP contribution in [0.15, 0.2) is 0 Å². The zero-order chi connectivity index (χ0) is 26.6. The zero-order valence-electron chi connectivity index (χ0n) is 25.6. The SMILES string of the molecule is CCCCCCCCCCCCCCCCOC(=O)C(C)(CCCCCC)CCCCCCCCC. The molecule has 2 heteroatoms. The number of unbranched alkanes of at least 4 members (excludes halogenated alkanes) is 22. The average Bonchev–Trinajstić information content (AvgIpc) is 2.88. The van der Waals surface area contributed by atoms with Crippen LogP contribution in [-0.4, -0.2) is 12.6 Å². The molecule has 0 bridgehead atoms. The Morgan fingerprint density at radius 3 is 1.08 bits per heavy atom. The van der Waals surface area contributed by atoms with Gasteiger partial charge in [-0.3, -0.25) is 4.79 Å². The number of esters is 1. The second-order valence-corrected chi connectivity index (χ2v) is 12.0. The predicted octanol–water partition coefficient (Wildman–Crippen LogP) is 12.1. The standard InChI is InChI=1S/C34H68O2/c1-5-8-11-14-16-17-18-19-20-21-22-24-26-29-32-36-33(35)34(4,30-27-13-10-7-3)31-28-25-23-15-12-9-6-2/h5-32H2,1-4H3. The van der Waals surface area contributed by atoms with Gasteiger partial charge in [0.25, 0.3) is 0 Å². The van der Waals surface area contributed by atoms with E-state index in [1.807, 2.05) is 0 Å². The molecule has 0 spiro atoms. The van der Waals surface area contributed by atoms with E-state index in [4.69, 9.17) is 4.74 Å². The topological polar surface area (TPSA) is 26.3 Å². The summed E-state index contributed by atoms with van der Waals surface area (Å²) in [5.74, 6) is 0.0830. The van der Waals surface area contributed by atoms with Crippen LogP contribution in [0.5, 0.6) is 0 Å². The van der Waals surface area contributed by atoms with Crippen molar-refractivity contribution in [3.05, 3.63) is 0 Å². The first-order chi connectivity index (χ1) is 17.6. The minimum Gasteiger partial charge on any atom is -0.465 e. The summed E-state index contributed by atoms with van der Waals surface area (Å²) < 4.78 is 5.84. The minimum absolute atomic E-state index is 0.0830. The smallest absolute Gasteiger partial charge is 0.311 e. The van der Waals surface area contributed by atoms with E-state index < -0.39 is 0 Å². The van der Waals surface area contributed by atoms with Gasteiger partial charge in [-0.05, 0) is 26.2 Å². The van der Waals surface area contributed by atoms with E-state index in [0.717, 1.165) is 25.7 Å². The monoisotopic (exact) mass is 509 g/mol. The second kappa shape index (κ2) is 27.5. The van der Waals surface area contributed by atoms with Gasteiger partial charge in [0.15, 0.2) is 0 Å². The maximum atomic E-state index is 13.0. The Kier molecular flexibility index (Phi) is 27.1. The summed E-state index contributed by atoms with van der Waals surface area (Å²) in [6.45, 7) is 9.62. The molecule has 1 atom stereocenters. The largest absolute Gasteiger partial charge is 0.465 e. The van der Waals surface area contributed by atoms with E-state index in [-0.39, 0.29) is 11.4 Å². The lowest BCUT2D eigenvalue weighted by Gasteiger charge is -2.27. The Balaban J connectivity index is 3.91. The molecule has 0 rings (SSSR count). The molecule has 0 amide bonds. The van der Waals surface area contributed by atoms with Crippen LogP contribution in [0.3, 0.4) is 0 Å². The van der Waals surface area contributed by atoms with Gasteiger partial charge >= 0.3 is 5.97 Å².